The van der Waals surface area contributed by atoms with E-state index in [1.54, 1.807) is 0 Å². The standard InChI is InChI=1S/C25H33N3O2/c1-20-3-2-4-22(17-20)19-27-11-9-23(10-12-27)25(29)26-18-21-5-7-24(8-6-21)28-13-15-30-16-14-28/h2-8,17,23H,9-16,18-19H2,1H3,(H,26,29). The lowest BCUT2D eigenvalue weighted by Gasteiger charge is -2.31. The maximum Gasteiger partial charge on any atom is 0.223 e. The van der Waals surface area contributed by atoms with E-state index in [1.807, 2.05) is 0 Å². The molecule has 2 aliphatic rings. The number of nitrogens with one attached hydrogen (secondary N) is 1. The molecule has 0 unspecified atom stereocenters. The molecule has 0 bridgehead atoms. The van der Waals surface area contributed by atoms with E-state index in [9.17, 15) is 4.79 Å². The summed E-state index contributed by atoms with van der Waals surface area (Å²) in [6.07, 6.45) is 1.88. The third-order valence-corrected chi connectivity index (χ3v) is 6.23. The molecular formula is C25H33N3O2. The Bertz CT molecular complexity index is 823. The molecule has 5 nitrogen and oxygen atoms in total. The maximum atomic E-state index is 12.6. The lowest BCUT2D eigenvalue weighted by molar-refractivity contribution is -0.126. The number of benzene rings is 2. The van der Waals surface area contributed by atoms with Crippen LogP contribution in [0.4, 0.5) is 5.69 Å². The summed E-state index contributed by atoms with van der Waals surface area (Å²) in [4.78, 5) is 17.4. The first-order chi connectivity index (χ1) is 14.7. The molecule has 160 valence electrons. The zero-order valence-corrected chi connectivity index (χ0v) is 18.0. The molecule has 0 aromatic heterocycles. The number of rotatable bonds is 6. The van der Waals surface area contributed by atoms with Gasteiger partial charge in [-0.25, -0.2) is 0 Å². The second-order valence-electron chi connectivity index (χ2n) is 8.52. The Hall–Kier alpha value is -2.37. The van der Waals surface area contributed by atoms with Gasteiger partial charge in [0.15, 0.2) is 0 Å². The number of nitrogens with zero attached hydrogens (tertiary/aromatic N) is 2. The van der Waals surface area contributed by atoms with E-state index in [-0.39, 0.29) is 11.8 Å². The number of anilines is 1. The molecule has 30 heavy (non-hydrogen) atoms. The van der Waals surface area contributed by atoms with Crippen molar-refractivity contribution < 1.29 is 9.53 Å². The van der Waals surface area contributed by atoms with Gasteiger partial charge in [-0.1, -0.05) is 42.0 Å². The van der Waals surface area contributed by atoms with Gasteiger partial charge in [0, 0.05) is 37.8 Å². The first-order valence-electron chi connectivity index (χ1n) is 11.1. The van der Waals surface area contributed by atoms with Gasteiger partial charge in [0.25, 0.3) is 0 Å². The molecule has 0 aliphatic carbocycles. The summed E-state index contributed by atoms with van der Waals surface area (Å²) < 4.78 is 5.42. The molecule has 2 aliphatic heterocycles. The molecule has 2 heterocycles. The third kappa shape index (κ3) is 5.61. The number of carbonyl (C=O) groups is 1. The Kier molecular flexibility index (Phi) is 7.03. The van der Waals surface area contributed by atoms with Crippen LogP contribution in [0.1, 0.15) is 29.5 Å². The van der Waals surface area contributed by atoms with Gasteiger partial charge in [-0.15, -0.1) is 0 Å². The van der Waals surface area contributed by atoms with Gasteiger partial charge in [0.05, 0.1) is 13.2 Å². The molecule has 2 aromatic carbocycles. The zero-order chi connectivity index (χ0) is 20.8. The molecule has 0 radical (unpaired) electrons. The lowest BCUT2D eigenvalue weighted by Crippen LogP contribution is -2.40. The van der Waals surface area contributed by atoms with Gasteiger partial charge in [-0.05, 0) is 56.1 Å². The molecule has 0 atom stereocenters. The molecule has 0 spiro atoms. The van der Waals surface area contributed by atoms with Gasteiger partial charge in [0.1, 0.15) is 0 Å². The smallest absolute Gasteiger partial charge is 0.223 e. The van der Waals surface area contributed by atoms with Crippen molar-refractivity contribution in [3.63, 3.8) is 0 Å². The highest BCUT2D eigenvalue weighted by Gasteiger charge is 2.24. The topological polar surface area (TPSA) is 44.8 Å². The van der Waals surface area contributed by atoms with Crippen molar-refractivity contribution in [1.29, 1.82) is 0 Å². The molecule has 2 aromatic rings. The normalized spacial score (nSPS) is 18.4. The quantitative estimate of drug-likeness (QED) is 0.798. The van der Waals surface area contributed by atoms with Crippen molar-refractivity contribution in [3.05, 3.63) is 65.2 Å². The van der Waals surface area contributed by atoms with E-state index >= 15 is 0 Å². The molecule has 1 amide bonds. The van der Waals surface area contributed by atoms with Gasteiger partial charge in [0.2, 0.25) is 5.91 Å². The highest BCUT2D eigenvalue weighted by Crippen LogP contribution is 2.20. The fourth-order valence-electron chi connectivity index (χ4n) is 4.40. The number of amides is 1. The van der Waals surface area contributed by atoms with Gasteiger partial charge < -0.3 is 15.0 Å². The number of hydrogen-bond donors (Lipinski definition) is 1. The Morgan fingerprint density at radius 2 is 1.73 bits per heavy atom. The van der Waals surface area contributed by atoms with Crippen LogP contribution in [0.25, 0.3) is 0 Å². The summed E-state index contributed by atoms with van der Waals surface area (Å²) in [6.45, 7) is 9.16. The first kappa shape index (κ1) is 20.9. The van der Waals surface area contributed by atoms with Crippen LogP contribution in [0.15, 0.2) is 48.5 Å². The van der Waals surface area contributed by atoms with Crippen LogP contribution in [0.3, 0.4) is 0 Å². The van der Waals surface area contributed by atoms with E-state index in [2.05, 4.69) is 70.6 Å². The fraction of sp³-hybridized carbons (Fsp3) is 0.480. The Labute approximate surface area is 180 Å². The zero-order valence-electron chi connectivity index (χ0n) is 18.0. The second-order valence-corrected chi connectivity index (χ2v) is 8.52. The van der Waals surface area contributed by atoms with Gasteiger partial charge in [-0.2, -0.15) is 0 Å². The Morgan fingerprint density at radius 1 is 1.00 bits per heavy atom. The van der Waals surface area contributed by atoms with Gasteiger partial charge >= 0.3 is 0 Å². The minimum Gasteiger partial charge on any atom is -0.378 e. The molecule has 4 rings (SSSR count). The van der Waals surface area contributed by atoms with Crippen molar-refractivity contribution >= 4 is 11.6 Å². The summed E-state index contributed by atoms with van der Waals surface area (Å²) in [5.41, 5.74) is 5.05. The van der Waals surface area contributed by atoms with Crippen LogP contribution >= 0.6 is 0 Å². The van der Waals surface area contributed by atoms with Crippen LogP contribution in [-0.4, -0.2) is 50.2 Å². The number of carbonyl (C=O) groups excluding carboxylic acids is 1. The lowest BCUT2D eigenvalue weighted by atomic mass is 9.95. The molecule has 2 saturated heterocycles. The van der Waals surface area contributed by atoms with E-state index in [0.29, 0.717) is 6.54 Å². The molecule has 5 heteroatoms. The average molecular weight is 408 g/mol. The van der Waals surface area contributed by atoms with Crippen molar-refractivity contribution in [2.45, 2.75) is 32.9 Å². The van der Waals surface area contributed by atoms with E-state index in [0.717, 1.165) is 64.3 Å². The maximum absolute atomic E-state index is 12.6. The number of aryl methyl sites for hydroxylation is 1. The summed E-state index contributed by atoms with van der Waals surface area (Å²) in [5, 5.41) is 3.15. The van der Waals surface area contributed by atoms with Crippen LogP contribution in [0.2, 0.25) is 0 Å². The fourth-order valence-corrected chi connectivity index (χ4v) is 4.40. The number of morpholine rings is 1. The largest absolute Gasteiger partial charge is 0.378 e. The molecular weight excluding hydrogens is 374 g/mol. The SMILES string of the molecule is Cc1cccc(CN2CCC(C(=O)NCc3ccc(N4CCOCC4)cc3)CC2)c1. The van der Waals surface area contributed by atoms with Crippen molar-refractivity contribution in [2.75, 3.05) is 44.3 Å². The monoisotopic (exact) mass is 407 g/mol. The second kappa shape index (κ2) is 10.1. The summed E-state index contributed by atoms with van der Waals surface area (Å²) >= 11 is 0. The van der Waals surface area contributed by atoms with Crippen LogP contribution in [0, 0.1) is 12.8 Å². The van der Waals surface area contributed by atoms with E-state index < -0.39 is 0 Å². The molecule has 2 fully saturated rings. The predicted octanol–water partition coefficient (Wildman–Crippen LogP) is 3.36. The van der Waals surface area contributed by atoms with E-state index in [1.165, 1.54) is 16.8 Å². The summed E-state index contributed by atoms with van der Waals surface area (Å²) in [7, 11) is 0. The number of piperidine rings is 1. The summed E-state index contributed by atoms with van der Waals surface area (Å²) in [5.74, 6) is 0.328. The van der Waals surface area contributed by atoms with Crippen molar-refractivity contribution in [3.8, 4) is 0 Å². The molecule has 1 N–H and O–H groups in total. The average Bonchev–Trinajstić information content (AvgIpc) is 2.79. The summed E-state index contributed by atoms with van der Waals surface area (Å²) in [6, 6.07) is 17.2. The third-order valence-electron chi connectivity index (χ3n) is 6.23. The van der Waals surface area contributed by atoms with Crippen molar-refractivity contribution in [2.24, 2.45) is 5.92 Å². The highest BCUT2D eigenvalue weighted by atomic mass is 16.5. The first-order valence-corrected chi connectivity index (χ1v) is 11.1. The Balaban J connectivity index is 1.20. The minimum atomic E-state index is 0.131. The predicted molar refractivity (Wildman–Crippen MR) is 121 cm³/mol. The number of ether oxygens (including phenoxy) is 1. The van der Waals surface area contributed by atoms with Crippen LogP contribution in [-0.2, 0) is 22.6 Å². The van der Waals surface area contributed by atoms with Crippen LogP contribution < -0.4 is 10.2 Å². The number of hydrogen-bond acceptors (Lipinski definition) is 4. The minimum absolute atomic E-state index is 0.131. The van der Waals surface area contributed by atoms with E-state index in [4.69, 9.17) is 4.74 Å². The van der Waals surface area contributed by atoms with Crippen LogP contribution in [0.5, 0.6) is 0 Å². The molecule has 0 saturated carbocycles. The van der Waals surface area contributed by atoms with Gasteiger partial charge in [-0.3, -0.25) is 9.69 Å². The Morgan fingerprint density at radius 3 is 2.43 bits per heavy atom. The number of likely N-dealkylation sites (tertiary alicyclic amines) is 1. The highest BCUT2D eigenvalue weighted by molar-refractivity contribution is 5.78. The van der Waals surface area contributed by atoms with Crippen molar-refractivity contribution in [1.82, 2.24) is 10.2 Å².